The molecule has 1 aliphatic rings. The molecule has 4 heteroatoms. The molecule has 0 radical (unpaired) electrons. The molecule has 0 aliphatic carbocycles. The highest BCUT2D eigenvalue weighted by Crippen LogP contribution is 2.19. The Morgan fingerprint density at radius 2 is 2.38 bits per heavy atom. The van der Waals surface area contributed by atoms with Crippen molar-refractivity contribution >= 4 is 0 Å². The summed E-state index contributed by atoms with van der Waals surface area (Å²) < 4.78 is 1.84. The molecule has 1 aliphatic heterocycles. The van der Waals surface area contributed by atoms with Gasteiger partial charge in [0.1, 0.15) is 0 Å². The van der Waals surface area contributed by atoms with Crippen LogP contribution in [-0.4, -0.2) is 33.6 Å². The van der Waals surface area contributed by atoms with Crippen molar-refractivity contribution in [3.05, 3.63) is 17.5 Å². The normalized spacial score (nSPS) is 19.9. The minimum atomic E-state index is -0.534. The lowest BCUT2D eigenvalue weighted by molar-refractivity contribution is -0.00915. The highest BCUT2D eigenvalue weighted by atomic mass is 16.3. The molecule has 0 atom stereocenters. The maximum atomic E-state index is 9.90. The van der Waals surface area contributed by atoms with Crippen molar-refractivity contribution in [1.82, 2.24) is 15.1 Å². The molecule has 2 rings (SSSR count). The fraction of sp³-hybridized carbons (Fsp3) is 0.667. The first-order chi connectivity index (χ1) is 6.11. The topological polar surface area (TPSA) is 50.1 Å². The van der Waals surface area contributed by atoms with Gasteiger partial charge < -0.3 is 10.4 Å². The molecule has 1 fully saturated rings. The molecule has 0 bridgehead atoms. The van der Waals surface area contributed by atoms with E-state index in [4.69, 9.17) is 0 Å². The van der Waals surface area contributed by atoms with Gasteiger partial charge in [0.15, 0.2) is 0 Å². The van der Waals surface area contributed by atoms with Gasteiger partial charge in [0.2, 0.25) is 0 Å². The molecule has 0 spiro atoms. The molecule has 72 valence electrons. The maximum absolute atomic E-state index is 9.90. The molecule has 13 heavy (non-hydrogen) atoms. The second-order valence-electron chi connectivity index (χ2n) is 3.88. The van der Waals surface area contributed by atoms with Crippen LogP contribution in [-0.2, 0) is 13.5 Å². The monoisotopic (exact) mass is 181 g/mol. The number of hydrogen-bond donors (Lipinski definition) is 2. The lowest BCUT2D eigenvalue weighted by Crippen LogP contribution is -2.60. The van der Waals surface area contributed by atoms with Gasteiger partial charge in [-0.3, -0.25) is 4.68 Å². The molecule has 2 heterocycles. The Labute approximate surface area is 77.6 Å². The zero-order chi connectivity index (χ0) is 9.47. The summed E-state index contributed by atoms with van der Waals surface area (Å²) in [7, 11) is 1.92. The van der Waals surface area contributed by atoms with E-state index in [0.717, 1.165) is 11.3 Å². The molecule has 1 aromatic rings. The third kappa shape index (κ3) is 1.47. The number of β-amino-alcohol motifs (C(OH)–C–C–N with tert-alkyl or cyclic N) is 1. The number of aliphatic hydroxyl groups is 1. The van der Waals surface area contributed by atoms with Crippen LogP contribution in [0.25, 0.3) is 0 Å². The van der Waals surface area contributed by atoms with Gasteiger partial charge in [-0.15, -0.1) is 0 Å². The summed E-state index contributed by atoms with van der Waals surface area (Å²) in [4.78, 5) is 0. The van der Waals surface area contributed by atoms with Crippen molar-refractivity contribution in [2.45, 2.75) is 18.9 Å². The van der Waals surface area contributed by atoms with Crippen LogP contribution in [0.4, 0.5) is 0 Å². The van der Waals surface area contributed by atoms with Gasteiger partial charge in [0.25, 0.3) is 0 Å². The predicted molar refractivity (Wildman–Crippen MR) is 49.5 cm³/mol. The van der Waals surface area contributed by atoms with Gasteiger partial charge in [-0.25, -0.2) is 0 Å². The third-order valence-electron chi connectivity index (χ3n) is 2.76. The predicted octanol–water partition coefficient (Wildman–Crippen LogP) is -0.395. The SMILES string of the molecule is Cc1c(CC2(O)CNC2)cnn1C. The molecule has 1 aromatic heterocycles. The Morgan fingerprint density at radius 1 is 1.69 bits per heavy atom. The second-order valence-corrected chi connectivity index (χ2v) is 3.88. The number of hydrogen-bond acceptors (Lipinski definition) is 3. The summed E-state index contributed by atoms with van der Waals surface area (Å²) >= 11 is 0. The fourth-order valence-electron chi connectivity index (χ4n) is 1.61. The maximum Gasteiger partial charge on any atom is 0.0936 e. The van der Waals surface area contributed by atoms with E-state index in [1.54, 1.807) is 0 Å². The van der Waals surface area contributed by atoms with Gasteiger partial charge >= 0.3 is 0 Å². The van der Waals surface area contributed by atoms with Crippen molar-refractivity contribution in [2.24, 2.45) is 7.05 Å². The molecule has 0 aromatic carbocycles. The van der Waals surface area contributed by atoms with E-state index in [0.29, 0.717) is 19.5 Å². The minimum absolute atomic E-state index is 0.534. The summed E-state index contributed by atoms with van der Waals surface area (Å²) in [5, 5.41) is 17.1. The van der Waals surface area contributed by atoms with Crippen LogP contribution < -0.4 is 5.32 Å². The lowest BCUT2D eigenvalue weighted by Gasteiger charge is -2.37. The molecule has 1 saturated heterocycles. The number of aromatic nitrogens is 2. The average Bonchev–Trinajstić information content (AvgIpc) is 2.33. The van der Waals surface area contributed by atoms with E-state index in [1.807, 2.05) is 24.9 Å². The molecular weight excluding hydrogens is 166 g/mol. The third-order valence-corrected chi connectivity index (χ3v) is 2.76. The summed E-state index contributed by atoms with van der Waals surface area (Å²) in [6.07, 6.45) is 2.55. The van der Waals surface area contributed by atoms with E-state index in [2.05, 4.69) is 10.4 Å². The molecule has 0 unspecified atom stereocenters. The number of aryl methyl sites for hydroxylation is 1. The summed E-state index contributed by atoms with van der Waals surface area (Å²) in [6, 6.07) is 0. The van der Waals surface area contributed by atoms with Crippen LogP contribution in [0.15, 0.2) is 6.20 Å². The Bertz CT molecular complexity index is 315. The van der Waals surface area contributed by atoms with Crippen LogP contribution >= 0.6 is 0 Å². The van der Waals surface area contributed by atoms with Crippen molar-refractivity contribution in [1.29, 1.82) is 0 Å². The molecule has 4 nitrogen and oxygen atoms in total. The van der Waals surface area contributed by atoms with Crippen molar-refractivity contribution < 1.29 is 5.11 Å². The highest BCUT2D eigenvalue weighted by Gasteiger charge is 2.34. The van der Waals surface area contributed by atoms with Crippen LogP contribution in [0, 0.1) is 6.92 Å². The van der Waals surface area contributed by atoms with E-state index >= 15 is 0 Å². The Kier molecular flexibility index (Phi) is 1.89. The van der Waals surface area contributed by atoms with E-state index in [9.17, 15) is 5.11 Å². The van der Waals surface area contributed by atoms with E-state index in [1.165, 1.54) is 0 Å². The van der Waals surface area contributed by atoms with Crippen molar-refractivity contribution in [3.63, 3.8) is 0 Å². The van der Waals surface area contributed by atoms with Crippen LogP contribution in [0.3, 0.4) is 0 Å². The standard InChI is InChI=1S/C9H15N3O/c1-7-8(4-11-12(7)2)3-9(13)5-10-6-9/h4,10,13H,3,5-6H2,1-2H3. The lowest BCUT2D eigenvalue weighted by atomic mass is 9.89. The molecule has 0 amide bonds. The largest absolute Gasteiger partial charge is 0.387 e. The van der Waals surface area contributed by atoms with Gasteiger partial charge in [-0.1, -0.05) is 0 Å². The zero-order valence-corrected chi connectivity index (χ0v) is 8.04. The molecule has 0 saturated carbocycles. The number of nitrogens with zero attached hydrogens (tertiary/aromatic N) is 2. The van der Waals surface area contributed by atoms with Crippen LogP contribution in [0.1, 0.15) is 11.3 Å². The molecule has 2 N–H and O–H groups in total. The van der Waals surface area contributed by atoms with Crippen molar-refractivity contribution in [2.75, 3.05) is 13.1 Å². The van der Waals surface area contributed by atoms with Crippen LogP contribution in [0.2, 0.25) is 0 Å². The number of rotatable bonds is 2. The Hall–Kier alpha value is -0.870. The first kappa shape index (κ1) is 8.72. The van der Waals surface area contributed by atoms with Gasteiger partial charge in [-0.2, -0.15) is 5.10 Å². The van der Waals surface area contributed by atoms with Gasteiger partial charge in [0, 0.05) is 32.3 Å². The van der Waals surface area contributed by atoms with Crippen LogP contribution in [0.5, 0.6) is 0 Å². The summed E-state index contributed by atoms with van der Waals surface area (Å²) in [6.45, 7) is 3.42. The second kappa shape index (κ2) is 2.82. The van der Waals surface area contributed by atoms with E-state index in [-0.39, 0.29) is 0 Å². The summed E-state index contributed by atoms with van der Waals surface area (Å²) in [5.74, 6) is 0. The van der Waals surface area contributed by atoms with E-state index < -0.39 is 5.60 Å². The van der Waals surface area contributed by atoms with Gasteiger partial charge in [0.05, 0.1) is 11.8 Å². The highest BCUT2D eigenvalue weighted by molar-refractivity contribution is 5.20. The first-order valence-corrected chi connectivity index (χ1v) is 4.51. The first-order valence-electron chi connectivity index (χ1n) is 4.51. The quantitative estimate of drug-likeness (QED) is 0.653. The van der Waals surface area contributed by atoms with Crippen molar-refractivity contribution in [3.8, 4) is 0 Å². The zero-order valence-electron chi connectivity index (χ0n) is 8.04. The smallest absolute Gasteiger partial charge is 0.0936 e. The fourth-order valence-corrected chi connectivity index (χ4v) is 1.61. The Morgan fingerprint density at radius 3 is 2.77 bits per heavy atom. The molecular formula is C9H15N3O. The number of nitrogens with one attached hydrogen (secondary N) is 1. The van der Waals surface area contributed by atoms with Gasteiger partial charge in [-0.05, 0) is 12.5 Å². The average molecular weight is 181 g/mol. The Balaban J connectivity index is 2.13. The minimum Gasteiger partial charge on any atom is -0.387 e. The summed E-state index contributed by atoms with van der Waals surface area (Å²) in [5.41, 5.74) is 1.75.